The Kier molecular flexibility index (Phi) is 5.44. The molecule has 2 aromatic rings. The van der Waals surface area contributed by atoms with Crippen molar-refractivity contribution in [2.75, 3.05) is 32.1 Å². The van der Waals surface area contributed by atoms with E-state index in [4.69, 9.17) is 0 Å². The molecule has 0 aliphatic carbocycles. The second-order valence-corrected chi connectivity index (χ2v) is 7.11. The summed E-state index contributed by atoms with van der Waals surface area (Å²) in [5.41, 5.74) is 1.41. The van der Waals surface area contributed by atoms with E-state index in [0.717, 1.165) is 49.7 Å². The largest absolute Gasteiger partial charge is 0.356 e. The zero-order valence-electron chi connectivity index (χ0n) is 15.9. The lowest BCUT2D eigenvalue weighted by Gasteiger charge is -2.33. The average molecular weight is 354 g/mol. The van der Waals surface area contributed by atoms with Gasteiger partial charge in [0.2, 0.25) is 0 Å². The fraction of sp³-hybridized carbons (Fsp3) is 0.526. The molecule has 0 unspecified atom stereocenters. The number of piperidine rings is 1. The minimum atomic E-state index is -0.0847. The summed E-state index contributed by atoms with van der Waals surface area (Å²) < 4.78 is 0. The van der Waals surface area contributed by atoms with Crippen LogP contribution in [0.2, 0.25) is 0 Å². The van der Waals surface area contributed by atoms with E-state index in [1.807, 2.05) is 32.2 Å². The number of hydrogen-bond acceptors (Lipinski definition) is 6. The lowest BCUT2D eigenvalue weighted by molar-refractivity contribution is 0.0821. The molecule has 1 fully saturated rings. The highest BCUT2D eigenvalue weighted by atomic mass is 16.2. The molecule has 0 radical (unpaired) electrons. The highest BCUT2D eigenvalue weighted by Crippen LogP contribution is 2.24. The molecule has 0 N–H and O–H groups in total. The maximum absolute atomic E-state index is 12.2. The molecule has 2 aromatic heterocycles. The Morgan fingerprint density at radius 1 is 1.23 bits per heavy atom. The smallest absolute Gasteiger partial charge is 0.272 e. The van der Waals surface area contributed by atoms with E-state index < -0.39 is 0 Å². The van der Waals surface area contributed by atoms with Crippen molar-refractivity contribution in [2.45, 2.75) is 33.1 Å². The van der Waals surface area contributed by atoms with Crippen LogP contribution in [0.15, 0.2) is 18.3 Å². The Labute approximate surface area is 154 Å². The fourth-order valence-electron chi connectivity index (χ4n) is 3.43. The number of rotatable bonds is 4. The van der Waals surface area contributed by atoms with Gasteiger partial charge in [-0.05, 0) is 51.2 Å². The predicted molar refractivity (Wildman–Crippen MR) is 100 cm³/mol. The lowest BCUT2D eigenvalue weighted by Crippen LogP contribution is -2.37. The van der Waals surface area contributed by atoms with Crippen molar-refractivity contribution in [3.8, 4) is 0 Å². The van der Waals surface area contributed by atoms with Gasteiger partial charge in [-0.15, -0.1) is 0 Å². The second kappa shape index (κ2) is 7.76. The number of hydrogen-bond donors (Lipinski definition) is 0. The normalized spacial score (nSPS) is 17.2. The van der Waals surface area contributed by atoms with E-state index in [0.29, 0.717) is 17.4 Å². The van der Waals surface area contributed by atoms with Crippen molar-refractivity contribution in [3.05, 3.63) is 41.4 Å². The van der Waals surface area contributed by atoms with Gasteiger partial charge in [0.1, 0.15) is 23.2 Å². The average Bonchev–Trinajstić information content (AvgIpc) is 2.60. The summed E-state index contributed by atoms with van der Waals surface area (Å²) in [6, 6.07) is 3.81. The summed E-state index contributed by atoms with van der Waals surface area (Å²) in [6.45, 7) is 5.71. The first-order valence-corrected chi connectivity index (χ1v) is 9.03. The molecule has 7 heteroatoms. The predicted octanol–water partition coefficient (Wildman–Crippen LogP) is 2.04. The van der Waals surface area contributed by atoms with Crippen molar-refractivity contribution in [3.63, 3.8) is 0 Å². The first-order valence-electron chi connectivity index (χ1n) is 9.03. The van der Waals surface area contributed by atoms with Crippen LogP contribution in [0.5, 0.6) is 0 Å². The summed E-state index contributed by atoms with van der Waals surface area (Å²) in [6.07, 6.45) is 4.94. The maximum atomic E-state index is 12.2. The third kappa shape index (κ3) is 4.33. The molecule has 1 atom stereocenters. The summed E-state index contributed by atoms with van der Waals surface area (Å²) in [5, 5.41) is 0. The quantitative estimate of drug-likeness (QED) is 0.836. The third-order valence-electron chi connectivity index (χ3n) is 4.62. The Bertz CT molecular complexity index is 791. The molecule has 0 bridgehead atoms. The standard InChI is InChI=1S/C19H26N6O/c1-13-20-8-7-18(23-13)25-9-5-6-15(12-25)10-16-11-17(19(26)24(3)4)22-14(2)21-16/h7-8,11,15H,5-6,9-10,12H2,1-4H3/t15-/m0/s1. The lowest BCUT2D eigenvalue weighted by atomic mass is 9.93. The van der Waals surface area contributed by atoms with Crippen molar-refractivity contribution >= 4 is 11.7 Å². The van der Waals surface area contributed by atoms with Crippen LogP contribution in [-0.4, -0.2) is 57.9 Å². The van der Waals surface area contributed by atoms with Gasteiger partial charge < -0.3 is 9.80 Å². The maximum Gasteiger partial charge on any atom is 0.272 e. The Morgan fingerprint density at radius 3 is 2.77 bits per heavy atom. The van der Waals surface area contributed by atoms with Crippen LogP contribution < -0.4 is 4.90 Å². The van der Waals surface area contributed by atoms with E-state index in [-0.39, 0.29) is 5.91 Å². The van der Waals surface area contributed by atoms with Gasteiger partial charge >= 0.3 is 0 Å². The third-order valence-corrected chi connectivity index (χ3v) is 4.62. The van der Waals surface area contributed by atoms with Gasteiger partial charge in [-0.3, -0.25) is 4.79 Å². The van der Waals surface area contributed by atoms with E-state index in [1.165, 1.54) is 0 Å². The highest BCUT2D eigenvalue weighted by molar-refractivity contribution is 5.92. The highest BCUT2D eigenvalue weighted by Gasteiger charge is 2.23. The van der Waals surface area contributed by atoms with Crippen LogP contribution in [0.1, 0.15) is 40.7 Å². The first-order chi connectivity index (χ1) is 12.4. The molecule has 1 saturated heterocycles. The SMILES string of the molecule is Cc1nc(C[C@@H]2CCCN(c3ccnc(C)n3)C2)cc(C(=O)N(C)C)n1. The number of amides is 1. The van der Waals surface area contributed by atoms with Gasteiger partial charge in [0.15, 0.2) is 0 Å². The van der Waals surface area contributed by atoms with Crippen LogP contribution in [0.4, 0.5) is 5.82 Å². The molecular weight excluding hydrogens is 328 g/mol. The Hall–Kier alpha value is -2.57. The van der Waals surface area contributed by atoms with Gasteiger partial charge in [0, 0.05) is 39.1 Å². The number of nitrogens with zero attached hydrogens (tertiary/aromatic N) is 6. The molecule has 1 aliphatic heterocycles. The first kappa shape index (κ1) is 18.2. The molecule has 0 saturated carbocycles. The molecule has 138 valence electrons. The Morgan fingerprint density at radius 2 is 2.04 bits per heavy atom. The molecule has 1 amide bonds. The molecule has 1 aliphatic rings. The van der Waals surface area contributed by atoms with Gasteiger partial charge in [-0.25, -0.2) is 19.9 Å². The van der Waals surface area contributed by atoms with Crippen molar-refractivity contribution in [2.24, 2.45) is 5.92 Å². The minimum absolute atomic E-state index is 0.0847. The summed E-state index contributed by atoms with van der Waals surface area (Å²) >= 11 is 0. The summed E-state index contributed by atoms with van der Waals surface area (Å²) in [5.74, 6) is 2.83. The number of carbonyl (C=O) groups excluding carboxylic acids is 1. The van der Waals surface area contributed by atoms with Crippen LogP contribution in [0, 0.1) is 19.8 Å². The fourth-order valence-corrected chi connectivity index (χ4v) is 3.43. The van der Waals surface area contributed by atoms with Crippen molar-refractivity contribution in [1.29, 1.82) is 0 Å². The monoisotopic (exact) mass is 354 g/mol. The topological polar surface area (TPSA) is 75.1 Å². The summed E-state index contributed by atoms with van der Waals surface area (Å²) in [4.78, 5) is 33.7. The van der Waals surface area contributed by atoms with Gasteiger partial charge in [-0.1, -0.05) is 0 Å². The van der Waals surface area contributed by atoms with Gasteiger partial charge in [-0.2, -0.15) is 0 Å². The molecule has 3 heterocycles. The molecule has 26 heavy (non-hydrogen) atoms. The van der Waals surface area contributed by atoms with Crippen LogP contribution in [0.3, 0.4) is 0 Å². The van der Waals surface area contributed by atoms with E-state index >= 15 is 0 Å². The van der Waals surface area contributed by atoms with Gasteiger partial charge in [0.05, 0.1) is 0 Å². The number of aromatic nitrogens is 4. The van der Waals surface area contributed by atoms with Crippen molar-refractivity contribution in [1.82, 2.24) is 24.8 Å². The number of carbonyl (C=O) groups is 1. The van der Waals surface area contributed by atoms with Crippen LogP contribution in [0.25, 0.3) is 0 Å². The zero-order chi connectivity index (χ0) is 18.7. The Balaban J connectivity index is 1.73. The molecular formula is C19H26N6O. The molecule has 7 nitrogen and oxygen atoms in total. The molecule has 0 aromatic carbocycles. The minimum Gasteiger partial charge on any atom is -0.356 e. The van der Waals surface area contributed by atoms with E-state index in [1.54, 1.807) is 19.0 Å². The van der Waals surface area contributed by atoms with Crippen molar-refractivity contribution < 1.29 is 4.79 Å². The zero-order valence-corrected chi connectivity index (χ0v) is 15.9. The van der Waals surface area contributed by atoms with Gasteiger partial charge in [0.25, 0.3) is 5.91 Å². The van der Waals surface area contributed by atoms with E-state index in [9.17, 15) is 4.79 Å². The number of anilines is 1. The van der Waals surface area contributed by atoms with Crippen LogP contribution >= 0.6 is 0 Å². The van der Waals surface area contributed by atoms with E-state index in [2.05, 4.69) is 24.8 Å². The summed E-state index contributed by atoms with van der Waals surface area (Å²) in [7, 11) is 3.48. The number of aryl methyl sites for hydroxylation is 2. The molecule has 3 rings (SSSR count). The second-order valence-electron chi connectivity index (χ2n) is 7.11. The molecule has 0 spiro atoms. The van der Waals surface area contributed by atoms with Crippen LogP contribution in [-0.2, 0) is 6.42 Å².